The summed E-state index contributed by atoms with van der Waals surface area (Å²) in [5.74, 6) is 0.491. The number of nitrogens with zero attached hydrogens (tertiary/aromatic N) is 2. The van der Waals surface area contributed by atoms with Crippen LogP contribution in [-0.2, 0) is 9.53 Å². The molecule has 25 heavy (non-hydrogen) atoms. The van der Waals surface area contributed by atoms with Crippen LogP contribution in [0.3, 0.4) is 0 Å². The topological polar surface area (TPSA) is 70.5 Å². The third-order valence-corrected chi connectivity index (χ3v) is 3.37. The Morgan fingerprint density at radius 2 is 1.80 bits per heavy atom. The molecule has 1 unspecified atom stereocenters. The lowest BCUT2D eigenvalue weighted by atomic mass is 10.3. The molecule has 1 heterocycles. The molecule has 128 valence electrons. The van der Waals surface area contributed by atoms with Crippen LogP contribution in [-0.4, -0.2) is 29.2 Å². The van der Waals surface area contributed by atoms with Crippen LogP contribution in [0.25, 0.3) is 11.0 Å². The van der Waals surface area contributed by atoms with Crippen LogP contribution in [0.5, 0.6) is 17.4 Å². The lowest BCUT2D eigenvalue weighted by Crippen LogP contribution is -2.24. The molecule has 0 aliphatic heterocycles. The predicted octanol–water partition coefficient (Wildman–Crippen LogP) is 3.50. The molecule has 0 saturated heterocycles. The lowest BCUT2D eigenvalue weighted by Gasteiger charge is -2.12. The van der Waals surface area contributed by atoms with E-state index in [1.54, 1.807) is 31.2 Å². The third-order valence-electron chi connectivity index (χ3n) is 3.37. The highest BCUT2D eigenvalue weighted by atomic mass is 19.1. The zero-order valence-electron chi connectivity index (χ0n) is 13.6. The number of ether oxygens (including phenoxy) is 3. The number of halogens is 1. The monoisotopic (exact) mass is 342 g/mol. The molecule has 7 heteroatoms. The Labute approximate surface area is 143 Å². The summed E-state index contributed by atoms with van der Waals surface area (Å²) in [6, 6.07) is 10.8. The van der Waals surface area contributed by atoms with Crippen molar-refractivity contribution in [2.75, 3.05) is 7.11 Å². The summed E-state index contributed by atoms with van der Waals surface area (Å²) >= 11 is 0. The fraction of sp³-hybridized carbons (Fsp3) is 0.167. The van der Waals surface area contributed by atoms with E-state index >= 15 is 0 Å². The first-order valence-corrected chi connectivity index (χ1v) is 7.50. The van der Waals surface area contributed by atoms with Gasteiger partial charge in [-0.05, 0) is 43.3 Å². The van der Waals surface area contributed by atoms with Gasteiger partial charge in [0, 0.05) is 6.07 Å². The van der Waals surface area contributed by atoms with Gasteiger partial charge >= 0.3 is 5.97 Å². The molecule has 6 nitrogen and oxygen atoms in total. The molecule has 1 atom stereocenters. The highest BCUT2D eigenvalue weighted by Gasteiger charge is 2.14. The van der Waals surface area contributed by atoms with Crippen molar-refractivity contribution in [3.05, 3.63) is 54.5 Å². The summed E-state index contributed by atoms with van der Waals surface area (Å²) in [6.07, 6.45) is 0.717. The van der Waals surface area contributed by atoms with Gasteiger partial charge in [0.25, 0.3) is 0 Å². The second-order valence-electron chi connectivity index (χ2n) is 5.20. The Kier molecular flexibility index (Phi) is 4.74. The minimum atomic E-state index is -0.705. The van der Waals surface area contributed by atoms with Crippen LogP contribution in [0, 0.1) is 5.82 Å². The lowest BCUT2D eigenvalue weighted by molar-refractivity contribution is -0.147. The number of fused-ring (bicyclic) bond motifs is 1. The minimum absolute atomic E-state index is 0.288. The van der Waals surface area contributed by atoms with E-state index in [4.69, 9.17) is 9.47 Å². The van der Waals surface area contributed by atoms with Crippen LogP contribution in [0.15, 0.2) is 48.7 Å². The molecule has 0 amide bonds. The van der Waals surface area contributed by atoms with E-state index in [0.717, 1.165) is 0 Å². The molecule has 0 spiro atoms. The van der Waals surface area contributed by atoms with E-state index in [0.29, 0.717) is 22.5 Å². The summed E-state index contributed by atoms with van der Waals surface area (Å²) in [6.45, 7) is 1.60. The van der Waals surface area contributed by atoms with Crippen molar-refractivity contribution in [1.82, 2.24) is 9.97 Å². The minimum Gasteiger partial charge on any atom is -0.479 e. The van der Waals surface area contributed by atoms with Crippen LogP contribution in [0.1, 0.15) is 6.92 Å². The van der Waals surface area contributed by atoms with Crippen molar-refractivity contribution in [3.63, 3.8) is 0 Å². The van der Waals surface area contributed by atoms with Crippen molar-refractivity contribution >= 4 is 17.0 Å². The maximum absolute atomic E-state index is 13.1. The summed E-state index contributed by atoms with van der Waals surface area (Å²) in [4.78, 5) is 19.7. The molecule has 0 N–H and O–H groups in total. The van der Waals surface area contributed by atoms with Crippen LogP contribution < -0.4 is 9.47 Å². The van der Waals surface area contributed by atoms with Crippen LogP contribution in [0.4, 0.5) is 4.39 Å². The molecule has 0 aliphatic rings. The molecule has 3 aromatic rings. The van der Waals surface area contributed by atoms with Gasteiger partial charge in [0.05, 0.1) is 24.3 Å². The predicted molar refractivity (Wildman–Crippen MR) is 88.1 cm³/mol. The maximum Gasteiger partial charge on any atom is 0.346 e. The molecule has 2 aromatic carbocycles. The molecule has 0 fully saturated rings. The fourth-order valence-corrected chi connectivity index (χ4v) is 2.14. The highest BCUT2D eigenvalue weighted by Crippen LogP contribution is 2.24. The normalized spacial score (nSPS) is 11.8. The van der Waals surface area contributed by atoms with Crippen LogP contribution in [0.2, 0.25) is 0 Å². The van der Waals surface area contributed by atoms with Crippen molar-refractivity contribution in [1.29, 1.82) is 0 Å². The van der Waals surface area contributed by atoms with Crippen molar-refractivity contribution < 1.29 is 23.4 Å². The van der Waals surface area contributed by atoms with Crippen molar-refractivity contribution in [2.45, 2.75) is 13.0 Å². The van der Waals surface area contributed by atoms with Gasteiger partial charge in [-0.15, -0.1) is 0 Å². The van der Waals surface area contributed by atoms with Gasteiger partial charge in [-0.3, -0.25) is 0 Å². The first-order chi connectivity index (χ1) is 12.0. The van der Waals surface area contributed by atoms with E-state index in [-0.39, 0.29) is 11.7 Å². The van der Waals surface area contributed by atoms with Crippen molar-refractivity contribution in [2.24, 2.45) is 0 Å². The molecule has 0 bridgehead atoms. The van der Waals surface area contributed by atoms with E-state index in [1.165, 1.54) is 31.5 Å². The third kappa shape index (κ3) is 4.00. The van der Waals surface area contributed by atoms with Gasteiger partial charge in [-0.2, -0.15) is 0 Å². The van der Waals surface area contributed by atoms with Crippen molar-refractivity contribution in [3.8, 4) is 17.4 Å². The molecule has 3 rings (SSSR count). The highest BCUT2D eigenvalue weighted by molar-refractivity contribution is 5.74. The van der Waals surface area contributed by atoms with Gasteiger partial charge < -0.3 is 14.2 Å². The Morgan fingerprint density at radius 3 is 2.52 bits per heavy atom. The average Bonchev–Trinajstić information content (AvgIpc) is 2.62. The molecular weight excluding hydrogens is 327 g/mol. The molecule has 0 saturated carbocycles. The number of methoxy groups -OCH3 is 1. The van der Waals surface area contributed by atoms with Gasteiger partial charge in [-0.1, -0.05) is 0 Å². The van der Waals surface area contributed by atoms with E-state index in [2.05, 4.69) is 14.7 Å². The smallest absolute Gasteiger partial charge is 0.346 e. The summed E-state index contributed by atoms with van der Waals surface area (Å²) < 4.78 is 28.8. The number of aromatic nitrogens is 2. The SMILES string of the molecule is COC(=O)C(C)Oc1ccc(Oc2cnc3cc(F)ccc3n2)cc1. The zero-order valence-corrected chi connectivity index (χ0v) is 13.6. The van der Waals surface area contributed by atoms with E-state index < -0.39 is 12.1 Å². The first-order valence-electron chi connectivity index (χ1n) is 7.50. The number of carbonyl (C=O) groups is 1. The van der Waals surface area contributed by atoms with Gasteiger partial charge in [0.2, 0.25) is 5.88 Å². The molecule has 1 aromatic heterocycles. The van der Waals surface area contributed by atoms with Gasteiger partial charge in [0.15, 0.2) is 6.10 Å². The Hall–Kier alpha value is -3.22. The van der Waals surface area contributed by atoms with Gasteiger partial charge in [-0.25, -0.2) is 19.2 Å². The Bertz CT molecular complexity index is 899. The quantitative estimate of drug-likeness (QED) is 0.661. The Balaban J connectivity index is 1.71. The second kappa shape index (κ2) is 7.12. The second-order valence-corrected chi connectivity index (χ2v) is 5.20. The Morgan fingerprint density at radius 1 is 1.08 bits per heavy atom. The number of hydrogen-bond donors (Lipinski definition) is 0. The van der Waals surface area contributed by atoms with E-state index in [9.17, 15) is 9.18 Å². The largest absolute Gasteiger partial charge is 0.479 e. The van der Waals surface area contributed by atoms with E-state index in [1.807, 2.05) is 0 Å². The number of hydrogen-bond acceptors (Lipinski definition) is 6. The standard InChI is InChI=1S/C18H15FN2O4/c1-11(18(22)23-2)24-13-4-6-14(7-5-13)25-17-10-20-16-9-12(19)3-8-15(16)21-17/h3-11H,1-2H3. The molecule has 0 aliphatic carbocycles. The number of carbonyl (C=O) groups excluding carboxylic acids is 1. The molecular formula is C18H15FN2O4. The maximum atomic E-state index is 13.1. The fourth-order valence-electron chi connectivity index (χ4n) is 2.14. The first kappa shape index (κ1) is 16.6. The van der Waals surface area contributed by atoms with Crippen LogP contribution >= 0.6 is 0 Å². The number of rotatable bonds is 5. The summed E-state index contributed by atoms with van der Waals surface area (Å²) in [7, 11) is 1.30. The average molecular weight is 342 g/mol. The number of benzene rings is 2. The zero-order chi connectivity index (χ0) is 17.8. The summed E-state index contributed by atoms with van der Waals surface area (Å²) in [5, 5.41) is 0. The number of esters is 1. The van der Waals surface area contributed by atoms with Gasteiger partial charge in [0.1, 0.15) is 17.3 Å². The molecule has 0 radical (unpaired) electrons. The summed E-state index contributed by atoms with van der Waals surface area (Å²) in [5.41, 5.74) is 0.985.